The number of hydrogen-bond donors (Lipinski definition) is 0. The van der Waals surface area contributed by atoms with Crippen LogP contribution in [0.25, 0.3) is 43.8 Å². The van der Waals surface area contributed by atoms with Gasteiger partial charge in [0, 0.05) is 16.8 Å². The lowest BCUT2D eigenvalue weighted by molar-refractivity contribution is 0.299. The number of rotatable bonds is 3. The third kappa shape index (κ3) is 4.27. The van der Waals surface area contributed by atoms with Crippen LogP contribution in [0.3, 0.4) is 0 Å². The van der Waals surface area contributed by atoms with Crippen LogP contribution in [-0.4, -0.2) is 0 Å². The molecule has 252 valence electrons. The highest BCUT2D eigenvalue weighted by Gasteiger charge is 2.47. The molecule has 0 unspecified atom stereocenters. The van der Waals surface area contributed by atoms with Crippen LogP contribution < -0.4 is 4.90 Å². The van der Waals surface area contributed by atoms with Crippen molar-refractivity contribution in [2.24, 2.45) is 0 Å². The van der Waals surface area contributed by atoms with Crippen LogP contribution >= 0.6 is 0 Å². The molecule has 9 rings (SSSR count). The van der Waals surface area contributed by atoms with E-state index in [0.29, 0.717) is 0 Å². The van der Waals surface area contributed by atoms with Gasteiger partial charge in [-0.05, 0) is 125 Å². The van der Waals surface area contributed by atoms with Gasteiger partial charge in [0.25, 0.3) is 0 Å². The molecule has 0 radical (unpaired) electrons. The number of fused-ring (bicyclic) bond motifs is 9. The summed E-state index contributed by atoms with van der Waals surface area (Å²) in [5, 5.41) is 5.14. The molecular weight excluding hydrogens is 615 g/mol. The molecule has 0 bridgehead atoms. The summed E-state index contributed by atoms with van der Waals surface area (Å²) in [5.74, 6) is 0. The standard InChI is InChI=1S/C50H47N/c1-47(2)42-22-14-12-19-36(42)38-28-26-34(30-44(38)49(47,5)6)51(33-17-10-9-11-18-33)46-24-16-21-35-39(46)27-25-32-29-41-37-20-13-15-23-43(37)48(3,4)50(7,8)45(41)31-40(32)35/h9-31H,1-8H3. The fourth-order valence-corrected chi connectivity index (χ4v) is 9.36. The van der Waals surface area contributed by atoms with Crippen LogP contribution in [0.2, 0.25) is 0 Å². The van der Waals surface area contributed by atoms with Gasteiger partial charge in [0.15, 0.2) is 0 Å². The Labute approximate surface area is 303 Å². The van der Waals surface area contributed by atoms with E-state index in [-0.39, 0.29) is 21.7 Å². The Hall–Kier alpha value is -5.14. The first-order valence-electron chi connectivity index (χ1n) is 18.5. The van der Waals surface area contributed by atoms with Crippen molar-refractivity contribution in [2.75, 3.05) is 4.90 Å². The van der Waals surface area contributed by atoms with Gasteiger partial charge in [-0.25, -0.2) is 0 Å². The second-order valence-corrected chi connectivity index (χ2v) is 17.0. The lowest BCUT2D eigenvalue weighted by Gasteiger charge is -2.48. The van der Waals surface area contributed by atoms with Crippen molar-refractivity contribution < 1.29 is 0 Å². The first-order valence-corrected chi connectivity index (χ1v) is 18.5. The second kappa shape index (κ2) is 10.7. The van der Waals surface area contributed by atoms with Gasteiger partial charge in [-0.2, -0.15) is 0 Å². The van der Waals surface area contributed by atoms with Crippen LogP contribution in [-0.2, 0) is 21.7 Å². The zero-order valence-electron chi connectivity index (χ0n) is 31.2. The Morgan fingerprint density at radius 3 is 1.55 bits per heavy atom. The third-order valence-electron chi connectivity index (χ3n) is 13.8. The fraction of sp³-hybridized carbons (Fsp3) is 0.240. The lowest BCUT2D eigenvalue weighted by Crippen LogP contribution is -2.43. The molecule has 0 fully saturated rings. The summed E-state index contributed by atoms with van der Waals surface area (Å²) in [4.78, 5) is 2.47. The minimum absolute atomic E-state index is 0.0145. The number of anilines is 3. The summed E-state index contributed by atoms with van der Waals surface area (Å²) < 4.78 is 0. The summed E-state index contributed by atoms with van der Waals surface area (Å²) in [6, 6.07) is 52.6. The van der Waals surface area contributed by atoms with E-state index in [4.69, 9.17) is 0 Å². The van der Waals surface area contributed by atoms with Gasteiger partial charge in [0.2, 0.25) is 0 Å². The molecule has 0 saturated heterocycles. The minimum atomic E-state index is -0.0810. The van der Waals surface area contributed by atoms with Crippen LogP contribution in [0.5, 0.6) is 0 Å². The smallest absolute Gasteiger partial charge is 0.0540 e. The van der Waals surface area contributed by atoms with Gasteiger partial charge in [-0.1, -0.05) is 152 Å². The van der Waals surface area contributed by atoms with Crippen LogP contribution in [0.1, 0.15) is 77.6 Å². The Morgan fingerprint density at radius 2 is 0.882 bits per heavy atom. The average Bonchev–Trinajstić information content (AvgIpc) is 3.13. The molecule has 0 spiro atoms. The second-order valence-electron chi connectivity index (χ2n) is 17.0. The van der Waals surface area contributed by atoms with Gasteiger partial charge >= 0.3 is 0 Å². The molecule has 2 aliphatic carbocycles. The van der Waals surface area contributed by atoms with E-state index in [1.165, 1.54) is 77.4 Å². The monoisotopic (exact) mass is 661 g/mol. The van der Waals surface area contributed by atoms with E-state index in [1.54, 1.807) is 0 Å². The summed E-state index contributed by atoms with van der Waals surface area (Å²) in [6.07, 6.45) is 0. The van der Waals surface area contributed by atoms with Crippen molar-refractivity contribution in [1.29, 1.82) is 0 Å². The van der Waals surface area contributed by atoms with E-state index in [9.17, 15) is 0 Å². The molecule has 0 saturated carbocycles. The lowest BCUT2D eigenvalue weighted by atomic mass is 9.55. The van der Waals surface area contributed by atoms with E-state index in [0.717, 1.165) is 5.69 Å². The van der Waals surface area contributed by atoms with Crippen molar-refractivity contribution >= 4 is 38.6 Å². The fourth-order valence-electron chi connectivity index (χ4n) is 9.36. The van der Waals surface area contributed by atoms with Crippen LogP contribution in [0, 0.1) is 0 Å². The van der Waals surface area contributed by atoms with Gasteiger partial charge < -0.3 is 4.90 Å². The van der Waals surface area contributed by atoms with Crippen LogP contribution in [0.15, 0.2) is 140 Å². The molecule has 51 heavy (non-hydrogen) atoms. The van der Waals surface area contributed by atoms with Gasteiger partial charge in [0.05, 0.1) is 5.69 Å². The largest absolute Gasteiger partial charge is 0.310 e. The number of benzene rings is 7. The summed E-state index contributed by atoms with van der Waals surface area (Å²) in [6.45, 7) is 19.3. The SMILES string of the molecule is CC1(C)c2ccccc2-c2ccc(N(c3ccccc3)c3cccc4c3ccc3cc5c(cc34)C(C)(C)C(C)(C)c3ccccc3-5)cc2C1(C)C. The maximum Gasteiger partial charge on any atom is 0.0540 e. The highest BCUT2D eigenvalue weighted by Crippen LogP contribution is 2.57. The highest BCUT2D eigenvalue weighted by atomic mass is 15.1. The average molecular weight is 662 g/mol. The van der Waals surface area contributed by atoms with Crippen LogP contribution in [0.4, 0.5) is 17.1 Å². The predicted molar refractivity (Wildman–Crippen MR) is 219 cm³/mol. The number of nitrogens with zero attached hydrogens (tertiary/aromatic N) is 1. The summed E-state index contributed by atoms with van der Waals surface area (Å²) in [7, 11) is 0. The van der Waals surface area contributed by atoms with E-state index >= 15 is 0 Å². The van der Waals surface area contributed by atoms with Crippen molar-refractivity contribution in [3.05, 3.63) is 162 Å². The molecule has 1 nitrogen and oxygen atoms in total. The summed E-state index contributed by atoms with van der Waals surface area (Å²) in [5.41, 5.74) is 14.4. The Balaban J connectivity index is 1.28. The Kier molecular flexibility index (Phi) is 6.67. The zero-order valence-corrected chi connectivity index (χ0v) is 31.2. The van der Waals surface area contributed by atoms with Crippen molar-refractivity contribution in [1.82, 2.24) is 0 Å². The van der Waals surface area contributed by atoms with E-state index < -0.39 is 0 Å². The maximum atomic E-state index is 2.52. The molecule has 1 heteroatoms. The molecule has 0 heterocycles. The van der Waals surface area contributed by atoms with Gasteiger partial charge in [-0.15, -0.1) is 0 Å². The molecule has 0 amide bonds. The highest BCUT2D eigenvalue weighted by molar-refractivity contribution is 6.14. The Morgan fingerprint density at radius 1 is 0.333 bits per heavy atom. The predicted octanol–water partition coefficient (Wildman–Crippen LogP) is 13.9. The van der Waals surface area contributed by atoms with E-state index in [2.05, 4.69) is 200 Å². The molecule has 0 N–H and O–H groups in total. The topological polar surface area (TPSA) is 3.24 Å². The zero-order chi connectivity index (χ0) is 35.5. The maximum absolute atomic E-state index is 2.52. The first-order chi connectivity index (χ1) is 24.3. The quantitative estimate of drug-likeness (QED) is 0.170. The summed E-state index contributed by atoms with van der Waals surface area (Å²) >= 11 is 0. The van der Waals surface area contributed by atoms with Gasteiger partial charge in [-0.3, -0.25) is 0 Å². The third-order valence-corrected chi connectivity index (χ3v) is 13.8. The number of para-hydroxylation sites is 1. The Bertz CT molecular complexity index is 2530. The minimum Gasteiger partial charge on any atom is -0.310 e. The molecule has 7 aromatic carbocycles. The van der Waals surface area contributed by atoms with Crippen molar-refractivity contribution in [3.63, 3.8) is 0 Å². The number of hydrogen-bond acceptors (Lipinski definition) is 1. The van der Waals surface area contributed by atoms with Crippen molar-refractivity contribution in [3.8, 4) is 22.3 Å². The van der Waals surface area contributed by atoms with Crippen molar-refractivity contribution in [2.45, 2.75) is 77.0 Å². The molecule has 0 aliphatic heterocycles. The molecule has 0 aromatic heterocycles. The molecule has 7 aromatic rings. The first kappa shape index (κ1) is 31.8. The van der Waals surface area contributed by atoms with E-state index in [1.807, 2.05) is 0 Å². The molecule has 2 aliphatic rings. The normalized spacial score (nSPS) is 17.3. The van der Waals surface area contributed by atoms with Gasteiger partial charge in [0.1, 0.15) is 0 Å². The molecular formula is C50H47N. The molecule has 0 atom stereocenters.